The van der Waals surface area contributed by atoms with Crippen LogP contribution in [0.1, 0.15) is 11.6 Å². The molecule has 1 atom stereocenters. The Balaban J connectivity index is 0.00000144. The van der Waals surface area contributed by atoms with Gasteiger partial charge in [0.1, 0.15) is 11.9 Å². The van der Waals surface area contributed by atoms with Gasteiger partial charge < -0.3 is 10.8 Å². The lowest BCUT2D eigenvalue weighted by atomic mass is 10.1. The highest BCUT2D eigenvalue weighted by atomic mass is 35.5. The molecule has 0 saturated heterocycles. The zero-order chi connectivity index (χ0) is 9.14. The lowest BCUT2D eigenvalue weighted by Crippen LogP contribution is -2.20. The van der Waals surface area contributed by atoms with E-state index in [1.54, 1.807) is 0 Å². The average Bonchev–Trinajstić information content (AvgIpc) is 2.03. The first kappa shape index (κ1) is 11.9. The summed E-state index contributed by atoms with van der Waals surface area (Å²) in [5.41, 5.74) is 5.51. The topological polar surface area (TPSA) is 63.3 Å². The predicted molar refractivity (Wildman–Crippen MR) is 48.2 cm³/mol. The van der Waals surface area contributed by atoms with Crippen molar-refractivity contribution >= 4 is 18.4 Å². The van der Waals surface area contributed by atoms with E-state index in [4.69, 9.17) is 10.8 Å². The number of carbonyl (C=O) groups is 1. The molecular formula is C8H9ClFNO2. The van der Waals surface area contributed by atoms with Gasteiger partial charge in [-0.05, 0) is 17.7 Å². The number of carboxylic acids is 1. The molecule has 0 radical (unpaired) electrons. The van der Waals surface area contributed by atoms with Crippen LogP contribution in [-0.4, -0.2) is 11.1 Å². The first-order valence-corrected chi connectivity index (χ1v) is 3.35. The van der Waals surface area contributed by atoms with E-state index in [1.807, 2.05) is 0 Å². The number of halogens is 2. The number of nitrogens with two attached hydrogens (primary N) is 1. The summed E-state index contributed by atoms with van der Waals surface area (Å²) >= 11 is 0. The maximum absolute atomic E-state index is 12.5. The first-order chi connectivity index (χ1) is 5.61. The van der Waals surface area contributed by atoms with Crippen molar-refractivity contribution in [3.05, 3.63) is 35.6 Å². The smallest absolute Gasteiger partial charge is 0.325 e. The number of hydrogen-bond acceptors (Lipinski definition) is 2. The molecule has 0 aromatic heterocycles. The second-order valence-electron chi connectivity index (χ2n) is 2.37. The van der Waals surface area contributed by atoms with Gasteiger partial charge >= 0.3 is 5.97 Å². The van der Waals surface area contributed by atoms with E-state index in [9.17, 15) is 9.18 Å². The molecule has 0 aliphatic rings. The van der Waals surface area contributed by atoms with Crippen molar-refractivity contribution in [2.45, 2.75) is 6.04 Å². The third-order valence-corrected chi connectivity index (χ3v) is 1.47. The molecule has 0 heterocycles. The lowest BCUT2D eigenvalue weighted by Gasteiger charge is -2.05. The molecule has 1 rings (SSSR count). The average molecular weight is 206 g/mol. The molecule has 1 aromatic rings. The van der Waals surface area contributed by atoms with Crippen molar-refractivity contribution in [1.82, 2.24) is 0 Å². The molecule has 0 bridgehead atoms. The quantitative estimate of drug-likeness (QED) is 0.766. The van der Waals surface area contributed by atoms with Gasteiger partial charge in [-0.15, -0.1) is 12.4 Å². The summed E-state index contributed by atoms with van der Waals surface area (Å²) < 4.78 is 12.5. The van der Waals surface area contributed by atoms with Crippen LogP contribution in [0, 0.1) is 5.82 Å². The van der Waals surface area contributed by atoms with E-state index in [1.165, 1.54) is 18.2 Å². The van der Waals surface area contributed by atoms with Crippen LogP contribution in [0.3, 0.4) is 0 Å². The molecule has 3 N–H and O–H groups in total. The monoisotopic (exact) mass is 205 g/mol. The normalized spacial score (nSPS) is 11.5. The Labute approximate surface area is 80.8 Å². The molecule has 13 heavy (non-hydrogen) atoms. The minimum Gasteiger partial charge on any atom is -0.480 e. The van der Waals surface area contributed by atoms with Crippen molar-refractivity contribution in [2.24, 2.45) is 5.73 Å². The fraction of sp³-hybridized carbons (Fsp3) is 0.125. The summed E-state index contributed by atoms with van der Waals surface area (Å²) in [4.78, 5) is 10.4. The minimum absolute atomic E-state index is 0. The van der Waals surface area contributed by atoms with E-state index >= 15 is 0 Å². The summed E-state index contributed by atoms with van der Waals surface area (Å²) in [5.74, 6) is -1.65. The van der Waals surface area contributed by atoms with E-state index in [2.05, 4.69) is 0 Å². The summed E-state index contributed by atoms with van der Waals surface area (Å²) in [7, 11) is 0. The molecule has 0 unspecified atom stereocenters. The van der Waals surface area contributed by atoms with E-state index in [0.717, 1.165) is 6.07 Å². The van der Waals surface area contributed by atoms with Gasteiger partial charge in [0.05, 0.1) is 0 Å². The zero-order valence-corrected chi connectivity index (χ0v) is 7.42. The first-order valence-electron chi connectivity index (χ1n) is 3.35. The summed E-state index contributed by atoms with van der Waals surface area (Å²) in [6, 6.07) is 4.09. The van der Waals surface area contributed by atoms with Gasteiger partial charge in [0.25, 0.3) is 0 Å². The van der Waals surface area contributed by atoms with Crippen LogP contribution in [0.25, 0.3) is 0 Å². The van der Waals surface area contributed by atoms with Crippen LogP contribution >= 0.6 is 12.4 Å². The molecule has 0 aliphatic heterocycles. The van der Waals surface area contributed by atoms with Crippen molar-refractivity contribution in [1.29, 1.82) is 0 Å². The van der Waals surface area contributed by atoms with Crippen LogP contribution in [0.15, 0.2) is 24.3 Å². The van der Waals surface area contributed by atoms with E-state index in [0.29, 0.717) is 0 Å². The van der Waals surface area contributed by atoms with Crippen LogP contribution in [-0.2, 0) is 4.79 Å². The van der Waals surface area contributed by atoms with Crippen molar-refractivity contribution < 1.29 is 14.3 Å². The molecule has 72 valence electrons. The number of hydrogen-bond donors (Lipinski definition) is 2. The van der Waals surface area contributed by atoms with Gasteiger partial charge in [0.2, 0.25) is 0 Å². The minimum atomic E-state index is -1.17. The Hall–Kier alpha value is -1.13. The van der Waals surface area contributed by atoms with Crippen LogP contribution in [0.2, 0.25) is 0 Å². The summed E-state index contributed by atoms with van der Waals surface area (Å²) in [6.07, 6.45) is 0. The van der Waals surface area contributed by atoms with Crippen molar-refractivity contribution in [2.75, 3.05) is 0 Å². The number of carboxylic acid groups (broad SMARTS) is 1. The Morgan fingerprint density at radius 2 is 2.15 bits per heavy atom. The van der Waals surface area contributed by atoms with Gasteiger partial charge in [0, 0.05) is 0 Å². The Morgan fingerprint density at radius 1 is 1.54 bits per heavy atom. The maximum atomic E-state index is 12.5. The van der Waals surface area contributed by atoms with E-state index in [-0.39, 0.29) is 18.0 Å². The third-order valence-electron chi connectivity index (χ3n) is 1.47. The van der Waals surface area contributed by atoms with Gasteiger partial charge in [-0.25, -0.2) is 4.39 Å². The molecule has 0 spiro atoms. The predicted octanol–water partition coefficient (Wildman–Crippen LogP) is 1.33. The van der Waals surface area contributed by atoms with Gasteiger partial charge in [-0.2, -0.15) is 0 Å². The molecule has 0 amide bonds. The fourth-order valence-corrected chi connectivity index (χ4v) is 0.843. The highest BCUT2D eigenvalue weighted by Gasteiger charge is 2.13. The van der Waals surface area contributed by atoms with Crippen LogP contribution < -0.4 is 5.73 Å². The molecule has 3 nitrogen and oxygen atoms in total. The van der Waals surface area contributed by atoms with Gasteiger partial charge in [0.15, 0.2) is 0 Å². The molecule has 0 saturated carbocycles. The van der Waals surface area contributed by atoms with Gasteiger partial charge in [-0.1, -0.05) is 12.1 Å². The highest BCUT2D eigenvalue weighted by Crippen LogP contribution is 2.11. The Bertz CT molecular complexity index is 306. The molecule has 0 fully saturated rings. The molecular weight excluding hydrogens is 197 g/mol. The lowest BCUT2D eigenvalue weighted by molar-refractivity contribution is -0.138. The molecule has 5 heteroatoms. The zero-order valence-electron chi connectivity index (χ0n) is 6.61. The summed E-state index contributed by atoms with van der Waals surface area (Å²) in [5, 5.41) is 8.48. The van der Waals surface area contributed by atoms with Crippen LogP contribution in [0.5, 0.6) is 0 Å². The van der Waals surface area contributed by atoms with E-state index < -0.39 is 17.8 Å². The Morgan fingerprint density at radius 3 is 2.62 bits per heavy atom. The summed E-state index contributed by atoms with van der Waals surface area (Å²) in [6.45, 7) is 0. The highest BCUT2D eigenvalue weighted by molar-refractivity contribution is 5.85. The van der Waals surface area contributed by atoms with Crippen molar-refractivity contribution in [3.8, 4) is 0 Å². The number of rotatable bonds is 2. The number of aliphatic carboxylic acids is 1. The SMILES string of the molecule is Cl.N[C@H](C(=O)O)c1cccc(F)c1. The molecule has 0 aliphatic carbocycles. The van der Waals surface area contributed by atoms with Crippen LogP contribution in [0.4, 0.5) is 4.39 Å². The Kier molecular flexibility index (Phi) is 4.37. The van der Waals surface area contributed by atoms with Crippen molar-refractivity contribution in [3.63, 3.8) is 0 Å². The fourth-order valence-electron chi connectivity index (χ4n) is 0.843. The standard InChI is InChI=1S/C8H8FNO2.ClH/c9-6-3-1-2-5(4-6)7(10)8(11)12;/h1-4,7H,10H2,(H,11,12);1H/t7-;/m0./s1. The maximum Gasteiger partial charge on any atom is 0.325 e. The third kappa shape index (κ3) is 3.01. The molecule has 1 aromatic carbocycles. The second-order valence-corrected chi connectivity index (χ2v) is 2.37. The number of benzene rings is 1. The van der Waals surface area contributed by atoms with Gasteiger partial charge in [-0.3, -0.25) is 4.79 Å². The second kappa shape index (κ2) is 4.79. The largest absolute Gasteiger partial charge is 0.480 e.